The van der Waals surface area contributed by atoms with Crippen molar-refractivity contribution in [1.29, 1.82) is 0 Å². The van der Waals surface area contributed by atoms with Crippen LogP contribution in [-0.4, -0.2) is 24.3 Å². The maximum Gasteiger partial charge on any atom is 0.330 e. The lowest BCUT2D eigenvalue weighted by atomic mass is 10.0. The zero-order chi connectivity index (χ0) is 21.9. The second kappa shape index (κ2) is 11.9. The van der Waals surface area contributed by atoms with Crippen LogP contribution in [0.2, 0.25) is 5.02 Å². The molecule has 1 unspecified atom stereocenters. The van der Waals surface area contributed by atoms with Gasteiger partial charge in [0.15, 0.2) is 0 Å². The number of ether oxygens (including phenoxy) is 1. The van der Waals surface area contributed by atoms with Gasteiger partial charge in [-0.2, -0.15) is 0 Å². The van der Waals surface area contributed by atoms with Gasteiger partial charge in [-0.3, -0.25) is 4.99 Å². The van der Waals surface area contributed by atoms with E-state index in [0.717, 1.165) is 21.9 Å². The molecule has 0 bridgehead atoms. The number of carbonyl (C=O) groups is 1. The maximum absolute atomic E-state index is 11.8. The predicted molar refractivity (Wildman–Crippen MR) is 126 cm³/mol. The number of hydrogen-bond acceptors (Lipinski definition) is 3. The zero-order valence-corrected chi connectivity index (χ0v) is 18.7. The standard InChI is InChI=1S/C18H19NO2.C8H9Cl/c1-3-21-18(20)14(2)19-17(15-10-6-4-7-11-15)16-12-8-5-9-13-16;1-6-3-4-8(9)5-7(6)2/h4-14H,3H2,1-2H3;3-5H,1-2H3. The molecule has 3 nitrogen and oxygen atoms in total. The second-order valence-corrected chi connectivity index (χ2v) is 7.30. The molecule has 0 aliphatic heterocycles. The molecule has 0 radical (unpaired) electrons. The van der Waals surface area contributed by atoms with Gasteiger partial charge >= 0.3 is 5.97 Å². The fraction of sp³-hybridized carbons (Fsp3) is 0.231. The first-order valence-electron chi connectivity index (χ1n) is 10.0. The maximum atomic E-state index is 11.8. The highest BCUT2D eigenvalue weighted by Gasteiger charge is 2.15. The van der Waals surface area contributed by atoms with E-state index in [4.69, 9.17) is 16.3 Å². The van der Waals surface area contributed by atoms with E-state index in [2.05, 4.69) is 18.8 Å². The van der Waals surface area contributed by atoms with Gasteiger partial charge in [-0.25, -0.2) is 4.79 Å². The average molecular weight is 422 g/mol. The Bertz CT molecular complexity index is 927. The van der Waals surface area contributed by atoms with E-state index in [1.807, 2.05) is 78.9 Å². The predicted octanol–water partition coefficient (Wildman–Crippen LogP) is 6.43. The molecule has 0 fully saturated rings. The minimum atomic E-state index is -0.527. The molecule has 0 aliphatic carbocycles. The molecule has 0 aliphatic rings. The minimum absolute atomic E-state index is 0.304. The Morgan fingerprint density at radius 3 is 1.87 bits per heavy atom. The van der Waals surface area contributed by atoms with Gasteiger partial charge in [0.2, 0.25) is 0 Å². The van der Waals surface area contributed by atoms with Crippen molar-refractivity contribution in [2.45, 2.75) is 33.7 Å². The third kappa shape index (κ3) is 7.16. The summed E-state index contributed by atoms with van der Waals surface area (Å²) in [6.07, 6.45) is 0. The van der Waals surface area contributed by atoms with Gasteiger partial charge in [-0.05, 0) is 51.0 Å². The highest BCUT2D eigenvalue weighted by molar-refractivity contribution is 6.30. The van der Waals surface area contributed by atoms with Crippen LogP contribution in [0.1, 0.15) is 36.1 Å². The lowest BCUT2D eigenvalue weighted by Gasteiger charge is -2.11. The van der Waals surface area contributed by atoms with Crippen LogP contribution in [0.5, 0.6) is 0 Å². The number of rotatable bonds is 5. The van der Waals surface area contributed by atoms with Crippen LogP contribution in [0.4, 0.5) is 0 Å². The van der Waals surface area contributed by atoms with Crippen molar-refractivity contribution in [3.8, 4) is 0 Å². The van der Waals surface area contributed by atoms with Gasteiger partial charge in [0.1, 0.15) is 6.04 Å². The van der Waals surface area contributed by atoms with Crippen molar-refractivity contribution < 1.29 is 9.53 Å². The molecule has 0 saturated carbocycles. The Labute approximate surface area is 184 Å². The molecule has 156 valence electrons. The van der Waals surface area contributed by atoms with Gasteiger partial charge in [-0.15, -0.1) is 0 Å². The van der Waals surface area contributed by atoms with E-state index in [-0.39, 0.29) is 5.97 Å². The van der Waals surface area contributed by atoms with Gasteiger partial charge in [0, 0.05) is 16.1 Å². The molecular weight excluding hydrogens is 394 g/mol. The topological polar surface area (TPSA) is 38.7 Å². The van der Waals surface area contributed by atoms with Crippen molar-refractivity contribution in [2.24, 2.45) is 4.99 Å². The lowest BCUT2D eigenvalue weighted by Crippen LogP contribution is -2.20. The van der Waals surface area contributed by atoms with E-state index < -0.39 is 6.04 Å². The molecule has 0 aromatic heterocycles. The molecular formula is C26H28ClNO2. The van der Waals surface area contributed by atoms with Crippen LogP contribution in [0.15, 0.2) is 83.9 Å². The highest BCUT2D eigenvalue weighted by atomic mass is 35.5. The summed E-state index contributed by atoms with van der Waals surface area (Å²) in [6.45, 7) is 8.05. The fourth-order valence-electron chi connectivity index (χ4n) is 2.72. The quantitative estimate of drug-likeness (QED) is 0.351. The van der Waals surface area contributed by atoms with Gasteiger partial charge in [0.25, 0.3) is 0 Å². The smallest absolute Gasteiger partial charge is 0.330 e. The van der Waals surface area contributed by atoms with E-state index >= 15 is 0 Å². The first-order valence-corrected chi connectivity index (χ1v) is 10.4. The number of halogens is 1. The van der Waals surface area contributed by atoms with Crippen molar-refractivity contribution in [3.63, 3.8) is 0 Å². The highest BCUT2D eigenvalue weighted by Crippen LogP contribution is 2.14. The summed E-state index contributed by atoms with van der Waals surface area (Å²) in [5.74, 6) is -0.304. The SMILES string of the molecule is CCOC(=O)C(C)N=C(c1ccccc1)c1ccccc1.Cc1ccc(Cl)cc1C. The van der Waals surface area contributed by atoms with Crippen LogP contribution in [0.25, 0.3) is 0 Å². The number of aliphatic imine (C=N–C) groups is 1. The monoisotopic (exact) mass is 421 g/mol. The number of nitrogens with zero attached hydrogens (tertiary/aromatic N) is 1. The summed E-state index contributed by atoms with van der Waals surface area (Å²) < 4.78 is 5.03. The average Bonchev–Trinajstić information content (AvgIpc) is 2.76. The Balaban J connectivity index is 0.000000297. The number of aryl methyl sites for hydroxylation is 2. The third-order valence-corrected chi connectivity index (χ3v) is 4.75. The van der Waals surface area contributed by atoms with E-state index in [0.29, 0.717) is 6.61 Å². The van der Waals surface area contributed by atoms with Gasteiger partial charge in [0.05, 0.1) is 12.3 Å². The molecule has 0 amide bonds. The molecule has 0 N–H and O–H groups in total. The molecule has 1 atom stereocenters. The summed E-state index contributed by atoms with van der Waals surface area (Å²) >= 11 is 5.72. The van der Waals surface area contributed by atoms with E-state index in [9.17, 15) is 4.79 Å². The summed E-state index contributed by atoms with van der Waals surface area (Å²) in [5, 5.41) is 0.818. The molecule has 0 spiro atoms. The van der Waals surface area contributed by atoms with Crippen molar-refractivity contribution in [2.75, 3.05) is 6.61 Å². The first-order chi connectivity index (χ1) is 14.4. The van der Waals surface area contributed by atoms with E-state index in [1.54, 1.807) is 13.8 Å². The number of hydrogen-bond donors (Lipinski definition) is 0. The normalized spacial score (nSPS) is 11.0. The Kier molecular flexibility index (Phi) is 9.30. The Morgan fingerprint density at radius 2 is 1.43 bits per heavy atom. The Morgan fingerprint density at radius 1 is 0.900 bits per heavy atom. The Hall–Kier alpha value is -2.91. The van der Waals surface area contributed by atoms with Crippen LogP contribution in [-0.2, 0) is 9.53 Å². The summed E-state index contributed by atoms with van der Waals surface area (Å²) in [6, 6.07) is 25.1. The van der Waals surface area contributed by atoms with Crippen molar-refractivity contribution in [1.82, 2.24) is 0 Å². The van der Waals surface area contributed by atoms with Crippen LogP contribution < -0.4 is 0 Å². The van der Waals surface area contributed by atoms with Gasteiger partial charge < -0.3 is 4.74 Å². The van der Waals surface area contributed by atoms with Gasteiger partial charge in [-0.1, -0.05) is 78.3 Å². The van der Waals surface area contributed by atoms with Crippen LogP contribution in [0.3, 0.4) is 0 Å². The molecule has 4 heteroatoms. The molecule has 3 aromatic carbocycles. The van der Waals surface area contributed by atoms with Crippen LogP contribution in [0, 0.1) is 13.8 Å². The lowest BCUT2D eigenvalue weighted by molar-refractivity contribution is -0.144. The number of carbonyl (C=O) groups excluding carboxylic acids is 1. The largest absolute Gasteiger partial charge is 0.464 e. The first kappa shape index (κ1) is 23.4. The molecule has 3 rings (SSSR count). The number of benzene rings is 3. The summed E-state index contributed by atoms with van der Waals surface area (Å²) in [5.41, 5.74) is 5.32. The van der Waals surface area contributed by atoms with Crippen LogP contribution >= 0.6 is 11.6 Å². The third-order valence-electron chi connectivity index (χ3n) is 4.51. The van der Waals surface area contributed by atoms with Crippen molar-refractivity contribution >= 4 is 23.3 Å². The molecule has 0 heterocycles. The second-order valence-electron chi connectivity index (χ2n) is 6.87. The molecule has 0 saturated heterocycles. The van der Waals surface area contributed by atoms with E-state index in [1.165, 1.54) is 11.1 Å². The summed E-state index contributed by atoms with van der Waals surface area (Å²) in [7, 11) is 0. The molecule has 3 aromatic rings. The number of esters is 1. The molecule has 30 heavy (non-hydrogen) atoms. The zero-order valence-electron chi connectivity index (χ0n) is 17.9. The summed E-state index contributed by atoms with van der Waals surface area (Å²) in [4.78, 5) is 16.4. The fourth-order valence-corrected chi connectivity index (χ4v) is 2.95. The van der Waals surface area contributed by atoms with Crippen molar-refractivity contribution in [3.05, 3.63) is 106 Å². The minimum Gasteiger partial charge on any atom is -0.464 e.